The van der Waals surface area contributed by atoms with Crippen LogP contribution in [0.15, 0.2) is 36.4 Å². The number of hydrogen-bond donors (Lipinski definition) is 2. The van der Waals surface area contributed by atoms with Crippen molar-refractivity contribution in [2.24, 2.45) is 5.92 Å². The van der Waals surface area contributed by atoms with Crippen molar-refractivity contribution in [1.29, 1.82) is 0 Å². The van der Waals surface area contributed by atoms with Gasteiger partial charge in [-0.05, 0) is 60.7 Å². The van der Waals surface area contributed by atoms with Crippen LogP contribution in [0.4, 0.5) is 18.9 Å². The third-order valence-corrected chi connectivity index (χ3v) is 6.70. The van der Waals surface area contributed by atoms with Crippen molar-refractivity contribution in [2.75, 3.05) is 18.4 Å². The molecule has 1 unspecified atom stereocenters. The normalized spacial score (nSPS) is 19.7. The van der Waals surface area contributed by atoms with Crippen LogP contribution in [0.3, 0.4) is 0 Å². The van der Waals surface area contributed by atoms with E-state index in [2.05, 4.69) is 5.32 Å². The van der Waals surface area contributed by atoms with Crippen LogP contribution in [0.25, 0.3) is 0 Å². The van der Waals surface area contributed by atoms with Gasteiger partial charge in [-0.15, -0.1) is 0 Å². The number of nitrogens with zero attached hydrogens (tertiary/aromatic N) is 1. The average Bonchev–Trinajstić information content (AvgIpc) is 3.54. The van der Waals surface area contributed by atoms with Crippen LogP contribution in [-0.4, -0.2) is 35.0 Å². The largest absolute Gasteiger partial charge is 0.481 e. The van der Waals surface area contributed by atoms with Crippen LogP contribution in [-0.2, 0) is 27.7 Å². The fourth-order valence-corrected chi connectivity index (χ4v) is 4.85. The van der Waals surface area contributed by atoms with Crippen molar-refractivity contribution in [2.45, 2.75) is 44.3 Å². The van der Waals surface area contributed by atoms with E-state index in [4.69, 9.17) is 11.6 Å². The monoisotopic (exact) mass is 480 g/mol. The Morgan fingerprint density at radius 1 is 1.18 bits per heavy atom. The lowest BCUT2D eigenvalue weighted by atomic mass is 9.71. The van der Waals surface area contributed by atoms with Gasteiger partial charge in [-0.25, -0.2) is 0 Å². The van der Waals surface area contributed by atoms with E-state index < -0.39 is 23.1 Å². The molecule has 0 saturated heterocycles. The Morgan fingerprint density at radius 3 is 2.48 bits per heavy atom. The molecular formula is C24H24ClF3N2O3. The highest BCUT2D eigenvalue weighted by molar-refractivity contribution is 6.30. The lowest BCUT2D eigenvalue weighted by Crippen LogP contribution is -2.37. The number of fused-ring (bicyclic) bond motifs is 1. The highest BCUT2D eigenvalue weighted by Crippen LogP contribution is 2.47. The summed E-state index contributed by atoms with van der Waals surface area (Å²) >= 11 is 6.10. The Hall–Kier alpha value is -2.74. The van der Waals surface area contributed by atoms with Crippen molar-refractivity contribution in [3.8, 4) is 0 Å². The number of aliphatic carboxylic acids is 1. The van der Waals surface area contributed by atoms with Gasteiger partial charge in [0, 0.05) is 36.3 Å². The molecule has 1 amide bonds. The topological polar surface area (TPSA) is 69.6 Å². The number of carbonyl (C=O) groups is 2. The van der Waals surface area contributed by atoms with Gasteiger partial charge in [0.05, 0.1) is 17.4 Å². The second-order valence-corrected chi connectivity index (χ2v) is 9.13. The van der Waals surface area contributed by atoms with E-state index >= 15 is 0 Å². The lowest BCUT2D eigenvalue weighted by Gasteiger charge is -2.33. The summed E-state index contributed by atoms with van der Waals surface area (Å²) < 4.78 is 40.7. The molecule has 33 heavy (non-hydrogen) atoms. The van der Waals surface area contributed by atoms with E-state index in [1.807, 2.05) is 0 Å². The molecule has 9 heteroatoms. The number of anilines is 1. The quantitative estimate of drug-likeness (QED) is 0.564. The van der Waals surface area contributed by atoms with E-state index in [9.17, 15) is 27.9 Å². The molecule has 2 aliphatic rings. The maximum Gasteiger partial charge on any atom is 0.416 e. The Balaban J connectivity index is 1.87. The first-order valence-corrected chi connectivity index (χ1v) is 11.2. The molecule has 176 valence electrons. The number of carbonyl (C=O) groups excluding carboxylic acids is 1. The minimum Gasteiger partial charge on any atom is -0.481 e. The number of amides is 1. The summed E-state index contributed by atoms with van der Waals surface area (Å²) in [5.74, 6) is -1.24. The molecule has 2 aromatic rings. The second kappa shape index (κ2) is 8.56. The van der Waals surface area contributed by atoms with Gasteiger partial charge in [-0.3, -0.25) is 9.59 Å². The molecule has 1 heterocycles. The van der Waals surface area contributed by atoms with Gasteiger partial charge in [0.1, 0.15) is 0 Å². The fourth-order valence-electron chi connectivity index (χ4n) is 4.68. The van der Waals surface area contributed by atoms with Gasteiger partial charge in [0.2, 0.25) is 5.91 Å². The van der Waals surface area contributed by atoms with Gasteiger partial charge in [0.15, 0.2) is 0 Å². The van der Waals surface area contributed by atoms with Gasteiger partial charge < -0.3 is 15.3 Å². The van der Waals surface area contributed by atoms with Crippen molar-refractivity contribution >= 4 is 29.2 Å². The SMILES string of the molecule is CCN(Cc1cc(C(F)(F)F)ccc1C1(CC(=O)O)CNc2cc(Cl)ccc21)C(=O)C1CC1. The predicted molar refractivity (Wildman–Crippen MR) is 118 cm³/mol. The third-order valence-electron chi connectivity index (χ3n) is 6.46. The van der Waals surface area contributed by atoms with Crippen LogP contribution < -0.4 is 5.32 Å². The molecule has 0 aromatic heterocycles. The van der Waals surface area contributed by atoms with E-state index in [0.717, 1.165) is 25.0 Å². The van der Waals surface area contributed by atoms with Crippen LogP contribution in [0.1, 0.15) is 48.4 Å². The molecule has 5 nitrogen and oxygen atoms in total. The second-order valence-electron chi connectivity index (χ2n) is 8.69. The number of rotatable bonds is 7. The first-order valence-electron chi connectivity index (χ1n) is 10.8. The van der Waals surface area contributed by atoms with E-state index in [0.29, 0.717) is 33.9 Å². The molecule has 1 saturated carbocycles. The minimum atomic E-state index is -4.57. The van der Waals surface area contributed by atoms with Crippen LogP contribution in [0.2, 0.25) is 5.02 Å². The number of halogens is 4. The molecule has 1 atom stereocenters. The van der Waals surface area contributed by atoms with Crippen molar-refractivity contribution < 1.29 is 27.9 Å². The Labute approximate surface area is 194 Å². The molecule has 2 N–H and O–H groups in total. The fraction of sp³-hybridized carbons (Fsp3) is 0.417. The van der Waals surface area contributed by atoms with Crippen molar-refractivity contribution in [3.05, 3.63) is 63.7 Å². The summed E-state index contributed by atoms with van der Waals surface area (Å²) in [6.07, 6.45) is -3.32. The van der Waals surface area contributed by atoms with Crippen molar-refractivity contribution in [3.63, 3.8) is 0 Å². The summed E-state index contributed by atoms with van der Waals surface area (Å²) in [4.78, 5) is 26.2. The van der Waals surface area contributed by atoms with E-state index in [1.54, 1.807) is 30.0 Å². The third kappa shape index (κ3) is 4.53. The number of benzene rings is 2. The maximum atomic E-state index is 13.6. The number of carboxylic acids is 1. The Bertz CT molecular complexity index is 1100. The molecule has 1 fully saturated rings. The highest BCUT2D eigenvalue weighted by Gasteiger charge is 2.45. The van der Waals surface area contributed by atoms with Gasteiger partial charge in [-0.2, -0.15) is 13.2 Å². The van der Waals surface area contributed by atoms with Crippen molar-refractivity contribution in [1.82, 2.24) is 4.90 Å². The average molecular weight is 481 g/mol. The Kier molecular flexibility index (Phi) is 6.07. The number of carboxylic acid groups (broad SMARTS) is 1. The zero-order chi connectivity index (χ0) is 24.0. The Morgan fingerprint density at radius 2 is 1.88 bits per heavy atom. The summed E-state index contributed by atoms with van der Waals surface area (Å²) in [5.41, 5.74) is 0.139. The van der Waals surface area contributed by atoms with Gasteiger partial charge in [-0.1, -0.05) is 23.7 Å². The highest BCUT2D eigenvalue weighted by atomic mass is 35.5. The molecule has 1 aliphatic carbocycles. The van der Waals surface area contributed by atoms with Crippen LogP contribution in [0.5, 0.6) is 0 Å². The van der Waals surface area contributed by atoms with Crippen LogP contribution >= 0.6 is 11.6 Å². The van der Waals surface area contributed by atoms with Gasteiger partial charge in [0.25, 0.3) is 0 Å². The molecule has 2 aromatic carbocycles. The van der Waals surface area contributed by atoms with Gasteiger partial charge >= 0.3 is 12.1 Å². The molecular weight excluding hydrogens is 457 g/mol. The molecule has 0 spiro atoms. The smallest absolute Gasteiger partial charge is 0.416 e. The lowest BCUT2D eigenvalue weighted by molar-refractivity contribution is -0.139. The summed E-state index contributed by atoms with van der Waals surface area (Å²) in [6, 6.07) is 8.43. The van der Waals surface area contributed by atoms with E-state index in [1.165, 1.54) is 6.07 Å². The zero-order valence-corrected chi connectivity index (χ0v) is 18.8. The summed E-state index contributed by atoms with van der Waals surface area (Å²) in [7, 11) is 0. The molecule has 4 rings (SSSR count). The number of hydrogen-bond acceptors (Lipinski definition) is 3. The molecule has 0 bridgehead atoms. The standard InChI is InChI=1S/C24H24ClF3N2O3/c1-2-30(22(33)14-3-4-14)12-15-9-16(24(26,27)28)5-7-18(15)23(11-21(31)32)13-29-20-10-17(25)6-8-19(20)23/h5-10,14,29H,2-4,11-13H2,1H3,(H,31,32). The molecule has 1 aliphatic heterocycles. The summed E-state index contributed by atoms with van der Waals surface area (Å²) in [5, 5.41) is 13.4. The molecule has 0 radical (unpaired) electrons. The summed E-state index contributed by atoms with van der Waals surface area (Å²) in [6.45, 7) is 2.31. The van der Waals surface area contributed by atoms with Crippen LogP contribution in [0, 0.1) is 5.92 Å². The maximum absolute atomic E-state index is 13.6. The zero-order valence-electron chi connectivity index (χ0n) is 18.0. The van der Waals surface area contributed by atoms with E-state index in [-0.39, 0.29) is 31.3 Å². The first kappa shape index (κ1) is 23.4. The minimum absolute atomic E-state index is 0.0185. The number of nitrogens with one attached hydrogen (secondary N) is 1. The predicted octanol–water partition coefficient (Wildman–Crippen LogP) is 5.30. The first-order chi connectivity index (χ1) is 15.5. The number of alkyl halides is 3.